The van der Waals surface area contributed by atoms with Gasteiger partial charge in [-0.2, -0.15) is 5.10 Å². The highest BCUT2D eigenvalue weighted by atomic mass is 79.9. The summed E-state index contributed by atoms with van der Waals surface area (Å²) in [6.45, 7) is 4.03. The van der Waals surface area contributed by atoms with Gasteiger partial charge in [0.15, 0.2) is 0 Å². The van der Waals surface area contributed by atoms with Crippen molar-refractivity contribution < 1.29 is 5.11 Å². The van der Waals surface area contributed by atoms with Crippen LogP contribution in [0.15, 0.2) is 21.7 Å². The van der Waals surface area contributed by atoms with E-state index >= 15 is 0 Å². The minimum Gasteiger partial charge on any atom is -0.394 e. The van der Waals surface area contributed by atoms with E-state index in [1.165, 1.54) is 4.68 Å². The molecule has 0 saturated carbocycles. The minimum atomic E-state index is -0.272. The number of aliphatic hydroxyl groups excluding tert-OH is 1. The number of aliphatic hydroxyl groups is 1. The molecule has 0 aliphatic carbocycles. The molecule has 2 aromatic heterocycles. The molecule has 0 spiro atoms. The maximum atomic E-state index is 12.0. The molecule has 0 bridgehead atoms. The van der Waals surface area contributed by atoms with Gasteiger partial charge in [-0.05, 0) is 29.8 Å². The van der Waals surface area contributed by atoms with E-state index in [9.17, 15) is 4.79 Å². The van der Waals surface area contributed by atoms with Crippen molar-refractivity contribution in [1.29, 1.82) is 0 Å². The summed E-state index contributed by atoms with van der Waals surface area (Å²) < 4.78 is 1.62. The van der Waals surface area contributed by atoms with Crippen molar-refractivity contribution in [2.24, 2.45) is 0 Å². The van der Waals surface area contributed by atoms with Gasteiger partial charge in [0.1, 0.15) is 9.48 Å². The van der Waals surface area contributed by atoms with Gasteiger partial charge in [0.05, 0.1) is 31.1 Å². The normalized spacial score (nSPS) is 12.4. The fourth-order valence-corrected chi connectivity index (χ4v) is 2.88. The maximum Gasteiger partial charge on any atom is 0.283 e. The van der Waals surface area contributed by atoms with Crippen molar-refractivity contribution in [2.45, 2.75) is 26.4 Å². The average Bonchev–Trinajstić information content (AvgIpc) is 2.85. The first-order chi connectivity index (χ1) is 9.52. The lowest BCUT2D eigenvalue weighted by Crippen LogP contribution is -2.26. The van der Waals surface area contributed by atoms with Gasteiger partial charge in [0, 0.05) is 11.1 Å². The molecule has 2 heterocycles. The number of aromatic nitrogens is 3. The third kappa shape index (κ3) is 3.25. The summed E-state index contributed by atoms with van der Waals surface area (Å²) in [5, 5.41) is 17.0. The first kappa shape index (κ1) is 15.1. The lowest BCUT2D eigenvalue weighted by atomic mass is 10.3. The Balaban J connectivity index is 2.22. The summed E-state index contributed by atoms with van der Waals surface area (Å²) in [6.07, 6.45) is 3.39. The van der Waals surface area contributed by atoms with E-state index < -0.39 is 0 Å². The summed E-state index contributed by atoms with van der Waals surface area (Å²) in [7, 11) is 0. The Morgan fingerprint density at radius 1 is 1.55 bits per heavy atom. The van der Waals surface area contributed by atoms with Crippen molar-refractivity contribution in [3.63, 3.8) is 0 Å². The van der Waals surface area contributed by atoms with Gasteiger partial charge >= 0.3 is 0 Å². The average molecular weight is 359 g/mol. The van der Waals surface area contributed by atoms with Crippen LogP contribution in [-0.2, 0) is 6.54 Å². The molecule has 0 radical (unpaired) electrons. The highest BCUT2D eigenvalue weighted by Gasteiger charge is 2.14. The van der Waals surface area contributed by atoms with Crippen LogP contribution in [0, 0.1) is 6.92 Å². The number of thiazole rings is 1. The van der Waals surface area contributed by atoms with Gasteiger partial charge in [-0.1, -0.05) is 0 Å². The van der Waals surface area contributed by atoms with Gasteiger partial charge in [0.25, 0.3) is 5.56 Å². The second kappa shape index (κ2) is 6.47. The fourth-order valence-electron chi connectivity index (χ4n) is 1.69. The fraction of sp³-hybridized carbons (Fsp3) is 0.417. The van der Waals surface area contributed by atoms with E-state index in [2.05, 4.69) is 31.3 Å². The Labute approximate surface area is 128 Å². The van der Waals surface area contributed by atoms with E-state index in [1.807, 2.05) is 20.0 Å². The second-order valence-corrected chi connectivity index (χ2v) is 6.36. The number of anilines is 1. The molecule has 1 atom stereocenters. The molecule has 0 aliphatic rings. The number of rotatable bonds is 5. The first-order valence-electron chi connectivity index (χ1n) is 6.08. The third-order valence-corrected chi connectivity index (χ3v) is 4.54. The summed E-state index contributed by atoms with van der Waals surface area (Å²) in [6, 6.07) is -0.0140. The van der Waals surface area contributed by atoms with Crippen molar-refractivity contribution in [3.8, 4) is 0 Å². The zero-order valence-corrected chi connectivity index (χ0v) is 13.5. The first-order valence-corrected chi connectivity index (χ1v) is 7.69. The molecule has 6 nitrogen and oxygen atoms in total. The Morgan fingerprint density at radius 3 is 2.90 bits per heavy atom. The minimum absolute atomic E-state index is 0.0140. The van der Waals surface area contributed by atoms with Crippen molar-refractivity contribution >= 4 is 33.0 Å². The summed E-state index contributed by atoms with van der Waals surface area (Å²) >= 11 is 4.88. The maximum absolute atomic E-state index is 12.0. The van der Waals surface area contributed by atoms with E-state index in [1.54, 1.807) is 17.5 Å². The highest BCUT2D eigenvalue weighted by molar-refractivity contribution is 9.10. The van der Waals surface area contributed by atoms with Crippen LogP contribution in [0.5, 0.6) is 0 Å². The van der Waals surface area contributed by atoms with Gasteiger partial charge in [-0.25, -0.2) is 9.67 Å². The van der Waals surface area contributed by atoms with Crippen molar-refractivity contribution in [1.82, 2.24) is 14.8 Å². The summed E-state index contributed by atoms with van der Waals surface area (Å²) in [4.78, 5) is 17.4. The Hall–Kier alpha value is -1.25. The van der Waals surface area contributed by atoms with E-state index in [4.69, 9.17) is 5.11 Å². The molecule has 8 heteroatoms. The second-order valence-electron chi connectivity index (χ2n) is 4.30. The molecule has 2 rings (SSSR count). The number of aryl methyl sites for hydroxylation is 1. The molecule has 0 saturated heterocycles. The highest BCUT2D eigenvalue weighted by Crippen LogP contribution is 2.25. The van der Waals surface area contributed by atoms with Crippen LogP contribution < -0.4 is 10.9 Å². The standard InChI is InChI=1S/C12H15BrN4O2S/c1-7-5-14-11(20-7)8(2)16-9-6-15-17(3-4-18)12(19)10(9)13/h5-6,8,16,18H,3-4H2,1-2H3. The molecule has 0 fully saturated rings. The van der Waals surface area contributed by atoms with Crippen LogP contribution >= 0.6 is 27.3 Å². The van der Waals surface area contributed by atoms with Gasteiger partial charge in [0.2, 0.25) is 0 Å². The molecular weight excluding hydrogens is 344 g/mol. The SMILES string of the molecule is Cc1cnc(C(C)Nc2cnn(CCO)c(=O)c2Br)s1. The van der Waals surface area contributed by atoms with Crippen LogP contribution in [0.3, 0.4) is 0 Å². The van der Waals surface area contributed by atoms with Gasteiger partial charge < -0.3 is 10.4 Å². The van der Waals surface area contributed by atoms with Crippen LogP contribution in [0.2, 0.25) is 0 Å². The molecular formula is C12H15BrN4O2S. The summed E-state index contributed by atoms with van der Waals surface area (Å²) in [5.41, 5.74) is 0.344. The largest absolute Gasteiger partial charge is 0.394 e. The van der Waals surface area contributed by atoms with E-state index in [0.29, 0.717) is 10.2 Å². The zero-order valence-electron chi connectivity index (χ0n) is 11.1. The van der Waals surface area contributed by atoms with Gasteiger partial charge in [-0.3, -0.25) is 4.79 Å². The molecule has 2 N–H and O–H groups in total. The van der Waals surface area contributed by atoms with Gasteiger partial charge in [-0.15, -0.1) is 11.3 Å². The Morgan fingerprint density at radius 2 is 2.30 bits per heavy atom. The predicted molar refractivity (Wildman–Crippen MR) is 82.2 cm³/mol. The quantitative estimate of drug-likeness (QED) is 0.853. The summed E-state index contributed by atoms with van der Waals surface area (Å²) in [5.74, 6) is 0. The van der Waals surface area contributed by atoms with Crippen LogP contribution in [-0.4, -0.2) is 26.5 Å². The number of hydrogen-bond donors (Lipinski definition) is 2. The molecule has 108 valence electrons. The van der Waals surface area contributed by atoms with E-state index in [0.717, 1.165) is 9.88 Å². The number of halogens is 1. The molecule has 1 unspecified atom stereocenters. The van der Waals surface area contributed by atoms with Crippen LogP contribution in [0.1, 0.15) is 22.9 Å². The van der Waals surface area contributed by atoms with Crippen molar-refractivity contribution in [3.05, 3.63) is 37.1 Å². The Kier molecular flexibility index (Phi) is 4.90. The number of hydrogen-bond acceptors (Lipinski definition) is 6. The van der Waals surface area contributed by atoms with Crippen LogP contribution in [0.4, 0.5) is 5.69 Å². The molecule has 0 amide bonds. The van der Waals surface area contributed by atoms with E-state index in [-0.39, 0.29) is 24.8 Å². The molecule has 0 aromatic carbocycles. The molecule has 0 aliphatic heterocycles. The lowest BCUT2D eigenvalue weighted by molar-refractivity contribution is 0.266. The Bertz CT molecular complexity index is 655. The topological polar surface area (TPSA) is 80.0 Å². The third-order valence-electron chi connectivity index (χ3n) is 2.68. The number of nitrogens with zero attached hydrogens (tertiary/aromatic N) is 3. The number of nitrogens with one attached hydrogen (secondary N) is 1. The zero-order chi connectivity index (χ0) is 14.7. The molecule has 2 aromatic rings. The monoisotopic (exact) mass is 358 g/mol. The smallest absolute Gasteiger partial charge is 0.283 e. The lowest BCUT2D eigenvalue weighted by Gasteiger charge is -2.14. The van der Waals surface area contributed by atoms with Crippen molar-refractivity contribution in [2.75, 3.05) is 11.9 Å². The van der Waals surface area contributed by atoms with Crippen LogP contribution in [0.25, 0.3) is 0 Å². The molecule has 20 heavy (non-hydrogen) atoms. The predicted octanol–water partition coefficient (Wildman–Crippen LogP) is 1.94.